The molecule has 0 aliphatic heterocycles. The Morgan fingerprint density at radius 1 is 1.53 bits per heavy atom. The van der Waals surface area contributed by atoms with Gasteiger partial charge in [0.15, 0.2) is 0 Å². The minimum atomic E-state index is -1.05. The van der Waals surface area contributed by atoms with Crippen LogP contribution in [0, 0.1) is 15.9 Å². The Morgan fingerprint density at radius 2 is 2.16 bits per heavy atom. The predicted octanol–water partition coefficient (Wildman–Crippen LogP) is 1.58. The van der Waals surface area contributed by atoms with E-state index < -0.39 is 22.3 Å². The van der Waals surface area contributed by atoms with Crippen LogP contribution in [0.25, 0.3) is 0 Å². The number of nitrogens with zero attached hydrogens (tertiary/aromatic N) is 2. The minimum Gasteiger partial charge on any atom is -0.395 e. The molecule has 0 saturated heterocycles. The molecule has 1 amide bonds. The Balaban J connectivity index is 3.05. The summed E-state index contributed by atoms with van der Waals surface area (Å²) in [6, 6.07) is 2.83. The second-order valence-corrected chi connectivity index (χ2v) is 4.24. The number of nitro benzene ring substituents is 1. The molecule has 1 aromatic rings. The molecule has 1 rings (SSSR count). The SMILES string of the molecule is CC(C)N(CCO)C(=O)c1ccc([N+](=O)[O-])c(F)c1. The van der Waals surface area contributed by atoms with Crippen molar-refractivity contribution in [1.82, 2.24) is 4.90 Å². The first-order valence-electron chi connectivity index (χ1n) is 5.74. The van der Waals surface area contributed by atoms with Gasteiger partial charge in [0.1, 0.15) is 0 Å². The highest BCUT2D eigenvalue weighted by atomic mass is 19.1. The molecule has 0 spiro atoms. The molecule has 0 saturated carbocycles. The number of carbonyl (C=O) groups excluding carboxylic acids is 1. The first-order chi connectivity index (χ1) is 8.88. The molecule has 0 fully saturated rings. The summed E-state index contributed by atoms with van der Waals surface area (Å²) in [5.41, 5.74) is -0.653. The van der Waals surface area contributed by atoms with E-state index in [1.165, 1.54) is 11.0 Å². The molecule has 0 aliphatic carbocycles. The van der Waals surface area contributed by atoms with Gasteiger partial charge in [-0.1, -0.05) is 0 Å². The third-order valence-electron chi connectivity index (χ3n) is 2.62. The zero-order chi connectivity index (χ0) is 14.6. The normalized spacial score (nSPS) is 10.6. The van der Waals surface area contributed by atoms with Gasteiger partial charge in [0.05, 0.1) is 11.5 Å². The van der Waals surface area contributed by atoms with Gasteiger partial charge < -0.3 is 10.0 Å². The van der Waals surface area contributed by atoms with Gasteiger partial charge in [-0.05, 0) is 26.0 Å². The van der Waals surface area contributed by atoms with E-state index in [1.807, 2.05) is 0 Å². The Labute approximate surface area is 109 Å². The number of aliphatic hydroxyl groups is 1. The van der Waals surface area contributed by atoms with E-state index >= 15 is 0 Å². The highest BCUT2D eigenvalue weighted by Gasteiger charge is 2.21. The lowest BCUT2D eigenvalue weighted by molar-refractivity contribution is -0.387. The van der Waals surface area contributed by atoms with Crippen LogP contribution in [-0.4, -0.2) is 40.0 Å². The maximum Gasteiger partial charge on any atom is 0.304 e. The molecule has 0 unspecified atom stereocenters. The van der Waals surface area contributed by atoms with Crippen molar-refractivity contribution in [3.63, 3.8) is 0 Å². The fourth-order valence-corrected chi connectivity index (χ4v) is 1.66. The molecule has 0 aromatic heterocycles. The van der Waals surface area contributed by atoms with Crippen LogP contribution in [0.5, 0.6) is 0 Å². The van der Waals surface area contributed by atoms with Crippen molar-refractivity contribution in [3.05, 3.63) is 39.7 Å². The van der Waals surface area contributed by atoms with E-state index in [0.717, 1.165) is 12.1 Å². The smallest absolute Gasteiger partial charge is 0.304 e. The zero-order valence-electron chi connectivity index (χ0n) is 10.7. The van der Waals surface area contributed by atoms with Crippen LogP contribution < -0.4 is 0 Å². The maximum absolute atomic E-state index is 13.4. The van der Waals surface area contributed by atoms with Gasteiger partial charge in [-0.2, -0.15) is 4.39 Å². The summed E-state index contributed by atoms with van der Waals surface area (Å²) in [4.78, 5) is 23.1. The van der Waals surface area contributed by atoms with Crippen LogP contribution in [0.1, 0.15) is 24.2 Å². The number of rotatable bonds is 5. The number of hydrogen-bond acceptors (Lipinski definition) is 4. The van der Waals surface area contributed by atoms with E-state index in [-0.39, 0.29) is 24.8 Å². The second-order valence-electron chi connectivity index (χ2n) is 4.24. The molecule has 1 N–H and O–H groups in total. The summed E-state index contributed by atoms with van der Waals surface area (Å²) in [6.07, 6.45) is 0. The van der Waals surface area contributed by atoms with Crippen molar-refractivity contribution in [1.29, 1.82) is 0 Å². The van der Waals surface area contributed by atoms with Crippen molar-refractivity contribution in [2.75, 3.05) is 13.2 Å². The first kappa shape index (κ1) is 15.0. The van der Waals surface area contributed by atoms with Crippen LogP contribution in [0.15, 0.2) is 18.2 Å². The summed E-state index contributed by atoms with van der Waals surface area (Å²) in [7, 11) is 0. The lowest BCUT2D eigenvalue weighted by atomic mass is 10.1. The Hall–Kier alpha value is -2.02. The van der Waals surface area contributed by atoms with E-state index in [2.05, 4.69) is 0 Å². The van der Waals surface area contributed by atoms with Gasteiger partial charge in [0.2, 0.25) is 5.82 Å². The van der Waals surface area contributed by atoms with Crippen molar-refractivity contribution in [3.8, 4) is 0 Å². The molecule has 0 aliphatic rings. The molecule has 0 bridgehead atoms. The number of hydrogen-bond donors (Lipinski definition) is 1. The van der Waals surface area contributed by atoms with Crippen molar-refractivity contribution in [2.45, 2.75) is 19.9 Å². The second kappa shape index (κ2) is 6.24. The highest BCUT2D eigenvalue weighted by Crippen LogP contribution is 2.19. The zero-order valence-corrected chi connectivity index (χ0v) is 10.7. The van der Waals surface area contributed by atoms with Crippen LogP contribution in [0.2, 0.25) is 0 Å². The lowest BCUT2D eigenvalue weighted by Gasteiger charge is -2.25. The number of amides is 1. The Kier molecular flexibility index (Phi) is 4.94. The number of benzene rings is 1. The quantitative estimate of drug-likeness (QED) is 0.650. The van der Waals surface area contributed by atoms with Crippen molar-refractivity contribution < 1.29 is 19.2 Å². The molecule has 19 heavy (non-hydrogen) atoms. The molecule has 0 heterocycles. The van der Waals surface area contributed by atoms with Crippen molar-refractivity contribution in [2.24, 2.45) is 0 Å². The fraction of sp³-hybridized carbons (Fsp3) is 0.417. The van der Waals surface area contributed by atoms with Gasteiger partial charge in [-0.15, -0.1) is 0 Å². The van der Waals surface area contributed by atoms with E-state index in [4.69, 9.17) is 5.11 Å². The third kappa shape index (κ3) is 3.47. The summed E-state index contributed by atoms with van der Waals surface area (Å²) in [5, 5.41) is 19.4. The van der Waals surface area contributed by atoms with Crippen LogP contribution in [0.3, 0.4) is 0 Å². The first-order valence-corrected chi connectivity index (χ1v) is 5.74. The van der Waals surface area contributed by atoms with Gasteiger partial charge in [0, 0.05) is 24.2 Å². The Morgan fingerprint density at radius 3 is 2.58 bits per heavy atom. The van der Waals surface area contributed by atoms with Crippen LogP contribution >= 0.6 is 0 Å². The summed E-state index contributed by atoms with van der Waals surface area (Å²) in [6.45, 7) is 3.43. The van der Waals surface area contributed by atoms with E-state index in [0.29, 0.717) is 0 Å². The lowest BCUT2D eigenvalue weighted by Crippen LogP contribution is -2.39. The average Bonchev–Trinajstić information content (AvgIpc) is 2.34. The number of halogens is 1. The third-order valence-corrected chi connectivity index (χ3v) is 2.62. The monoisotopic (exact) mass is 270 g/mol. The number of carbonyl (C=O) groups is 1. The van der Waals surface area contributed by atoms with Crippen LogP contribution in [0.4, 0.5) is 10.1 Å². The topological polar surface area (TPSA) is 83.7 Å². The molecule has 7 heteroatoms. The standard InChI is InChI=1S/C12H15FN2O4/c1-8(2)14(5-6-16)12(17)9-3-4-11(15(18)19)10(13)7-9/h3-4,7-8,16H,5-6H2,1-2H3. The van der Waals surface area contributed by atoms with Gasteiger partial charge in [-0.25, -0.2) is 0 Å². The van der Waals surface area contributed by atoms with Gasteiger partial charge in [-0.3, -0.25) is 14.9 Å². The van der Waals surface area contributed by atoms with Gasteiger partial charge in [0.25, 0.3) is 5.91 Å². The number of nitro groups is 1. The molecule has 6 nitrogen and oxygen atoms in total. The average molecular weight is 270 g/mol. The number of aliphatic hydroxyl groups excluding tert-OH is 1. The maximum atomic E-state index is 13.4. The highest BCUT2D eigenvalue weighted by molar-refractivity contribution is 5.94. The van der Waals surface area contributed by atoms with E-state index in [1.54, 1.807) is 13.8 Å². The van der Waals surface area contributed by atoms with Crippen LogP contribution in [-0.2, 0) is 0 Å². The molecular weight excluding hydrogens is 255 g/mol. The summed E-state index contributed by atoms with van der Waals surface area (Å²) < 4.78 is 13.4. The molecule has 104 valence electrons. The van der Waals surface area contributed by atoms with Gasteiger partial charge >= 0.3 is 5.69 Å². The van der Waals surface area contributed by atoms with Crippen molar-refractivity contribution >= 4 is 11.6 Å². The molecule has 1 aromatic carbocycles. The molecule has 0 radical (unpaired) electrons. The molecular formula is C12H15FN2O4. The largest absolute Gasteiger partial charge is 0.395 e. The molecule has 0 atom stereocenters. The minimum absolute atomic E-state index is 0.0188. The summed E-state index contributed by atoms with van der Waals surface area (Å²) in [5.74, 6) is -1.53. The van der Waals surface area contributed by atoms with E-state index in [9.17, 15) is 19.3 Å². The Bertz CT molecular complexity index is 491. The summed E-state index contributed by atoms with van der Waals surface area (Å²) >= 11 is 0. The fourth-order valence-electron chi connectivity index (χ4n) is 1.66. The predicted molar refractivity (Wildman–Crippen MR) is 66.3 cm³/mol.